The summed E-state index contributed by atoms with van der Waals surface area (Å²) in [6.07, 6.45) is -1.18. The van der Waals surface area contributed by atoms with E-state index in [1.165, 1.54) is 12.1 Å². The standard InChI is InChI=1S/C13H9BrF2O/c14-9-4-1-3-8(7-9)13(17)10-5-2-6-11(15)12(10)16/h1-7,13,17H. The Bertz CT molecular complexity index is 543. The molecule has 0 aliphatic carbocycles. The number of hydrogen-bond acceptors (Lipinski definition) is 1. The molecule has 0 aromatic heterocycles. The van der Waals surface area contributed by atoms with Gasteiger partial charge in [0.15, 0.2) is 11.6 Å². The normalized spacial score (nSPS) is 12.5. The third-order valence-electron chi connectivity index (χ3n) is 2.44. The molecule has 0 aliphatic rings. The second-order valence-corrected chi connectivity index (χ2v) is 4.52. The largest absolute Gasteiger partial charge is 0.384 e. The lowest BCUT2D eigenvalue weighted by atomic mass is 10.0. The minimum absolute atomic E-state index is 0.0666. The summed E-state index contributed by atoms with van der Waals surface area (Å²) in [4.78, 5) is 0. The molecule has 0 amide bonds. The molecule has 0 spiro atoms. The summed E-state index contributed by atoms with van der Waals surface area (Å²) in [5.74, 6) is -1.98. The zero-order valence-corrected chi connectivity index (χ0v) is 10.3. The molecule has 1 nitrogen and oxygen atoms in total. The maximum Gasteiger partial charge on any atom is 0.164 e. The van der Waals surface area contributed by atoms with Gasteiger partial charge in [-0.25, -0.2) is 8.78 Å². The van der Waals surface area contributed by atoms with E-state index in [1.807, 2.05) is 0 Å². The van der Waals surface area contributed by atoms with Gasteiger partial charge >= 0.3 is 0 Å². The third-order valence-corrected chi connectivity index (χ3v) is 2.93. The topological polar surface area (TPSA) is 20.2 Å². The quantitative estimate of drug-likeness (QED) is 0.894. The Balaban J connectivity index is 2.44. The first-order chi connectivity index (χ1) is 8.09. The summed E-state index contributed by atoms with van der Waals surface area (Å²) in [6.45, 7) is 0. The molecule has 1 unspecified atom stereocenters. The van der Waals surface area contributed by atoms with Crippen LogP contribution in [0.2, 0.25) is 0 Å². The Hall–Kier alpha value is -1.26. The van der Waals surface area contributed by atoms with Gasteiger partial charge in [-0.3, -0.25) is 0 Å². The van der Waals surface area contributed by atoms with E-state index < -0.39 is 17.7 Å². The van der Waals surface area contributed by atoms with Crippen molar-refractivity contribution in [3.05, 3.63) is 69.7 Å². The first-order valence-electron chi connectivity index (χ1n) is 4.97. The number of halogens is 3. The van der Waals surface area contributed by atoms with Gasteiger partial charge in [-0.2, -0.15) is 0 Å². The van der Waals surface area contributed by atoms with Crippen molar-refractivity contribution in [3.63, 3.8) is 0 Å². The highest BCUT2D eigenvalue weighted by atomic mass is 79.9. The molecule has 2 rings (SSSR count). The van der Waals surface area contributed by atoms with Gasteiger partial charge in [0.05, 0.1) is 0 Å². The highest BCUT2D eigenvalue weighted by Crippen LogP contribution is 2.27. The van der Waals surface area contributed by atoms with E-state index >= 15 is 0 Å². The van der Waals surface area contributed by atoms with Crippen molar-refractivity contribution in [2.45, 2.75) is 6.10 Å². The molecule has 1 N–H and O–H groups in total. The smallest absolute Gasteiger partial charge is 0.164 e. The average molecular weight is 299 g/mol. The van der Waals surface area contributed by atoms with Crippen molar-refractivity contribution in [1.82, 2.24) is 0 Å². The van der Waals surface area contributed by atoms with Gasteiger partial charge in [-0.1, -0.05) is 40.2 Å². The molecule has 0 bridgehead atoms. The lowest BCUT2D eigenvalue weighted by Crippen LogP contribution is -2.04. The lowest BCUT2D eigenvalue weighted by molar-refractivity contribution is 0.213. The van der Waals surface area contributed by atoms with Crippen molar-refractivity contribution < 1.29 is 13.9 Å². The Morgan fingerprint density at radius 3 is 2.47 bits per heavy atom. The highest BCUT2D eigenvalue weighted by molar-refractivity contribution is 9.10. The summed E-state index contributed by atoms with van der Waals surface area (Å²) in [5.41, 5.74) is 0.437. The molecule has 0 radical (unpaired) electrons. The van der Waals surface area contributed by atoms with Crippen molar-refractivity contribution in [1.29, 1.82) is 0 Å². The fourth-order valence-electron chi connectivity index (χ4n) is 1.59. The van der Waals surface area contributed by atoms with Crippen LogP contribution in [0, 0.1) is 11.6 Å². The van der Waals surface area contributed by atoms with Crippen molar-refractivity contribution in [3.8, 4) is 0 Å². The summed E-state index contributed by atoms with van der Waals surface area (Å²) in [7, 11) is 0. The van der Waals surface area contributed by atoms with Crippen molar-refractivity contribution in [2.75, 3.05) is 0 Å². The second-order valence-electron chi connectivity index (χ2n) is 3.60. The number of aliphatic hydroxyl groups is 1. The van der Waals surface area contributed by atoms with Crippen molar-refractivity contribution in [2.24, 2.45) is 0 Å². The number of aliphatic hydroxyl groups excluding tert-OH is 1. The van der Waals surface area contributed by atoms with E-state index in [4.69, 9.17) is 0 Å². The first-order valence-corrected chi connectivity index (χ1v) is 5.76. The van der Waals surface area contributed by atoms with Gasteiger partial charge in [-0.05, 0) is 23.8 Å². The zero-order valence-electron chi connectivity index (χ0n) is 8.70. The van der Waals surface area contributed by atoms with Crippen LogP contribution in [0.5, 0.6) is 0 Å². The molecule has 17 heavy (non-hydrogen) atoms. The minimum atomic E-state index is -1.18. The Morgan fingerprint density at radius 2 is 1.76 bits per heavy atom. The van der Waals surface area contributed by atoms with Gasteiger partial charge in [0.25, 0.3) is 0 Å². The van der Waals surface area contributed by atoms with E-state index in [0.717, 1.165) is 10.5 Å². The van der Waals surface area contributed by atoms with Crippen LogP contribution in [-0.4, -0.2) is 5.11 Å². The maximum atomic E-state index is 13.5. The van der Waals surface area contributed by atoms with Crippen molar-refractivity contribution >= 4 is 15.9 Å². The predicted octanol–water partition coefficient (Wildman–Crippen LogP) is 3.81. The number of benzene rings is 2. The van der Waals surface area contributed by atoms with Crippen LogP contribution in [0.4, 0.5) is 8.78 Å². The Kier molecular flexibility index (Phi) is 3.54. The first kappa shape index (κ1) is 12.2. The molecule has 88 valence electrons. The van der Waals surface area contributed by atoms with Gasteiger partial charge < -0.3 is 5.11 Å². The summed E-state index contributed by atoms with van der Waals surface area (Å²) in [5, 5.41) is 9.99. The average Bonchev–Trinajstić information content (AvgIpc) is 2.32. The van der Waals surface area contributed by atoms with E-state index in [0.29, 0.717) is 5.56 Å². The van der Waals surface area contributed by atoms with Crippen LogP contribution in [-0.2, 0) is 0 Å². The molecule has 0 saturated heterocycles. The Labute approximate surface area is 106 Å². The lowest BCUT2D eigenvalue weighted by Gasteiger charge is -2.12. The van der Waals surface area contributed by atoms with E-state index in [9.17, 15) is 13.9 Å². The van der Waals surface area contributed by atoms with Gasteiger partial charge in [0, 0.05) is 10.0 Å². The van der Waals surface area contributed by atoms with Gasteiger partial charge in [0.2, 0.25) is 0 Å². The summed E-state index contributed by atoms with van der Waals surface area (Å²) in [6, 6.07) is 10.6. The van der Waals surface area contributed by atoms with E-state index in [-0.39, 0.29) is 5.56 Å². The molecule has 0 saturated carbocycles. The van der Waals surface area contributed by atoms with Crippen LogP contribution >= 0.6 is 15.9 Å². The Morgan fingerprint density at radius 1 is 1.06 bits per heavy atom. The van der Waals surface area contributed by atoms with Crippen LogP contribution in [0.3, 0.4) is 0 Å². The minimum Gasteiger partial charge on any atom is -0.384 e. The third kappa shape index (κ3) is 2.53. The molecule has 0 aliphatic heterocycles. The molecule has 1 atom stereocenters. The van der Waals surface area contributed by atoms with E-state index in [2.05, 4.69) is 15.9 Å². The van der Waals surface area contributed by atoms with Crippen LogP contribution in [0.1, 0.15) is 17.2 Å². The van der Waals surface area contributed by atoms with E-state index in [1.54, 1.807) is 24.3 Å². The predicted molar refractivity (Wildman–Crippen MR) is 64.6 cm³/mol. The zero-order chi connectivity index (χ0) is 12.4. The molecular weight excluding hydrogens is 290 g/mol. The molecule has 2 aromatic carbocycles. The SMILES string of the molecule is OC(c1cccc(Br)c1)c1cccc(F)c1F. The van der Waals surface area contributed by atoms with Crippen LogP contribution in [0.25, 0.3) is 0 Å². The highest BCUT2D eigenvalue weighted by Gasteiger charge is 2.17. The van der Waals surface area contributed by atoms with Gasteiger partial charge in [0.1, 0.15) is 6.10 Å². The molecule has 0 heterocycles. The summed E-state index contributed by atoms with van der Waals surface area (Å²) < 4.78 is 27.3. The van der Waals surface area contributed by atoms with Crippen LogP contribution in [0.15, 0.2) is 46.9 Å². The fourth-order valence-corrected chi connectivity index (χ4v) is 2.00. The molecular formula is C13H9BrF2O. The molecule has 0 fully saturated rings. The second kappa shape index (κ2) is 4.94. The van der Waals surface area contributed by atoms with Crippen LogP contribution < -0.4 is 0 Å². The monoisotopic (exact) mass is 298 g/mol. The summed E-state index contributed by atoms with van der Waals surface area (Å²) >= 11 is 3.26. The maximum absolute atomic E-state index is 13.5. The molecule has 4 heteroatoms. The molecule has 2 aromatic rings. The number of rotatable bonds is 2. The van der Waals surface area contributed by atoms with Gasteiger partial charge in [-0.15, -0.1) is 0 Å². The fraction of sp³-hybridized carbons (Fsp3) is 0.0769. The number of hydrogen-bond donors (Lipinski definition) is 1.